The number of nitrogens with one attached hydrogen (secondary N) is 1. The monoisotopic (exact) mass is 285 g/mol. The summed E-state index contributed by atoms with van der Waals surface area (Å²) in [6.07, 6.45) is -0.811. The van der Waals surface area contributed by atoms with Crippen LogP contribution in [-0.2, 0) is 0 Å². The minimum absolute atomic E-state index is 0.132. The molecule has 0 aliphatic heterocycles. The average Bonchev–Trinajstić information content (AvgIpc) is 2.52. The standard InChI is InChI=1S/C17H19NO3/c1-12-7-3-4-8-13(12)17(20)18-11-15(19)14-9-5-6-10-16(14)21-2/h3-10,15,19H,11H2,1-2H3,(H,18,20)/t15-/m1/s1. The maximum Gasteiger partial charge on any atom is 0.251 e. The van der Waals surface area contributed by atoms with Crippen molar-refractivity contribution in [2.24, 2.45) is 0 Å². The van der Waals surface area contributed by atoms with E-state index in [1.54, 1.807) is 25.3 Å². The fourth-order valence-corrected chi connectivity index (χ4v) is 2.16. The lowest BCUT2D eigenvalue weighted by Gasteiger charge is -2.15. The molecule has 0 bridgehead atoms. The van der Waals surface area contributed by atoms with E-state index in [0.717, 1.165) is 5.56 Å². The Kier molecular flexibility index (Phi) is 4.95. The molecule has 4 nitrogen and oxygen atoms in total. The second-order valence-electron chi connectivity index (χ2n) is 4.78. The highest BCUT2D eigenvalue weighted by atomic mass is 16.5. The van der Waals surface area contributed by atoms with Gasteiger partial charge in [-0.05, 0) is 24.6 Å². The molecule has 1 atom stereocenters. The summed E-state index contributed by atoms with van der Waals surface area (Å²) in [5.74, 6) is 0.414. The van der Waals surface area contributed by atoms with Crippen LogP contribution in [-0.4, -0.2) is 24.7 Å². The van der Waals surface area contributed by atoms with Gasteiger partial charge in [-0.15, -0.1) is 0 Å². The molecule has 2 aromatic carbocycles. The fourth-order valence-electron chi connectivity index (χ4n) is 2.16. The zero-order valence-corrected chi connectivity index (χ0v) is 12.2. The molecule has 4 heteroatoms. The molecule has 0 unspecified atom stereocenters. The molecule has 0 heterocycles. The minimum Gasteiger partial charge on any atom is -0.496 e. The summed E-state index contributed by atoms with van der Waals surface area (Å²) >= 11 is 0. The third kappa shape index (κ3) is 3.61. The number of carbonyl (C=O) groups excluding carboxylic acids is 1. The van der Waals surface area contributed by atoms with Crippen molar-refractivity contribution in [1.82, 2.24) is 5.32 Å². The predicted molar refractivity (Wildman–Crippen MR) is 81.5 cm³/mol. The molecule has 0 aliphatic carbocycles. The van der Waals surface area contributed by atoms with Crippen molar-refractivity contribution in [3.63, 3.8) is 0 Å². The number of para-hydroxylation sites is 1. The Morgan fingerprint density at radius 3 is 2.57 bits per heavy atom. The number of amides is 1. The molecule has 2 N–H and O–H groups in total. The van der Waals surface area contributed by atoms with Gasteiger partial charge in [-0.2, -0.15) is 0 Å². The molecule has 110 valence electrons. The molecular formula is C17H19NO3. The van der Waals surface area contributed by atoms with Crippen molar-refractivity contribution in [1.29, 1.82) is 0 Å². The van der Waals surface area contributed by atoms with Crippen LogP contribution in [0.25, 0.3) is 0 Å². The summed E-state index contributed by atoms with van der Waals surface area (Å²) in [4.78, 5) is 12.1. The van der Waals surface area contributed by atoms with Crippen molar-refractivity contribution >= 4 is 5.91 Å². The third-order valence-corrected chi connectivity index (χ3v) is 3.34. The summed E-state index contributed by atoms with van der Waals surface area (Å²) in [6, 6.07) is 14.6. The molecule has 0 saturated carbocycles. The summed E-state index contributed by atoms with van der Waals surface area (Å²) in [5.41, 5.74) is 2.18. The number of aryl methyl sites for hydroxylation is 1. The van der Waals surface area contributed by atoms with E-state index in [-0.39, 0.29) is 12.5 Å². The van der Waals surface area contributed by atoms with Crippen LogP contribution >= 0.6 is 0 Å². The maximum atomic E-state index is 12.1. The Bertz CT molecular complexity index is 625. The number of hydrogen-bond donors (Lipinski definition) is 2. The Morgan fingerprint density at radius 1 is 1.19 bits per heavy atom. The second-order valence-corrected chi connectivity index (χ2v) is 4.78. The van der Waals surface area contributed by atoms with E-state index in [1.165, 1.54) is 0 Å². The SMILES string of the molecule is COc1ccccc1[C@H](O)CNC(=O)c1ccccc1C. The largest absolute Gasteiger partial charge is 0.496 e. The summed E-state index contributed by atoms with van der Waals surface area (Å²) in [7, 11) is 1.55. The van der Waals surface area contributed by atoms with Crippen molar-refractivity contribution < 1.29 is 14.6 Å². The first-order valence-corrected chi connectivity index (χ1v) is 6.78. The quantitative estimate of drug-likeness (QED) is 0.887. The zero-order chi connectivity index (χ0) is 15.2. The number of rotatable bonds is 5. The molecule has 2 aromatic rings. The highest BCUT2D eigenvalue weighted by molar-refractivity contribution is 5.95. The van der Waals surface area contributed by atoms with Crippen LogP contribution in [0.15, 0.2) is 48.5 Å². The van der Waals surface area contributed by atoms with Crippen molar-refractivity contribution in [3.05, 3.63) is 65.2 Å². The van der Waals surface area contributed by atoms with Gasteiger partial charge in [-0.3, -0.25) is 4.79 Å². The van der Waals surface area contributed by atoms with E-state index in [1.807, 2.05) is 37.3 Å². The number of carbonyl (C=O) groups is 1. The zero-order valence-electron chi connectivity index (χ0n) is 12.2. The fraction of sp³-hybridized carbons (Fsp3) is 0.235. The summed E-state index contributed by atoms with van der Waals surface area (Å²) in [5, 5.41) is 12.9. The summed E-state index contributed by atoms with van der Waals surface area (Å²) < 4.78 is 5.20. The van der Waals surface area contributed by atoms with Crippen molar-refractivity contribution in [2.45, 2.75) is 13.0 Å². The Labute approximate surface area is 124 Å². The first-order chi connectivity index (χ1) is 10.1. The highest BCUT2D eigenvalue weighted by Crippen LogP contribution is 2.24. The smallest absolute Gasteiger partial charge is 0.251 e. The van der Waals surface area contributed by atoms with Crippen molar-refractivity contribution in [2.75, 3.05) is 13.7 Å². The predicted octanol–water partition coefficient (Wildman–Crippen LogP) is 2.47. The van der Waals surface area contributed by atoms with E-state index in [9.17, 15) is 9.90 Å². The van der Waals surface area contributed by atoms with Gasteiger partial charge < -0.3 is 15.2 Å². The van der Waals surface area contributed by atoms with Gasteiger partial charge in [0, 0.05) is 17.7 Å². The first-order valence-electron chi connectivity index (χ1n) is 6.78. The van der Waals surface area contributed by atoms with Gasteiger partial charge in [-0.25, -0.2) is 0 Å². The van der Waals surface area contributed by atoms with Crippen LogP contribution in [0.1, 0.15) is 27.6 Å². The maximum absolute atomic E-state index is 12.1. The molecule has 0 spiro atoms. The highest BCUT2D eigenvalue weighted by Gasteiger charge is 2.15. The molecule has 21 heavy (non-hydrogen) atoms. The van der Waals surface area contributed by atoms with Gasteiger partial charge in [-0.1, -0.05) is 36.4 Å². The van der Waals surface area contributed by atoms with E-state index >= 15 is 0 Å². The molecule has 0 radical (unpaired) electrons. The number of methoxy groups -OCH3 is 1. The lowest BCUT2D eigenvalue weighted by molar-refractivity contribution is 0.0914. The van der Waals surface area contributed by atoms with Crippen LogP contribution in [0.4, 0.5) is 0 Å². The average molecular weight is 285 g/mol. The van der Waals surface area contributed by atoms with Gasteiger partial charge in [0.1, 0.15) is 5.75 Å². The number of aliphatic hydroxyl groups is 1. The van der Waals surface area contributed by atoms with E-state index < -0.39 is 6.10 Å². The van der Waals surface area contributed by atoms with Crippen molar-refractivity contribution in [3.8, 4) is 5.75 Å². The second kappa shape index (κ2) is 6.90. The van der Waals surface area contributed by atoms with Crippen LogP contribution in [0.3, 0.4) is 0 Å². The number of aliphatic hydroxyl groups excluding tert-OH is 1. The number of benzene rings is 2. The van der Waals surface area contributed by atoms with Gasteiger partial charge in [0.2, 0.25) is 0 Å². The van der Waals surface area contributed by atoms with E-state index in [4.69, 9.17) is 4.74 Å². The first kappa shape index (κ1) is 15.1. The van der Waals surface area contributed by atoms with Crippen LogP contribution < -0.4 is 10.1 Å². The Morgan fingerprint density at radius 2 is 1.86 bits per heavy atom. The van der Waals surface area contributed by atoms with E-state index in [2.05, 4.69) is 5.32 Å². The lowest BCUT2D eigenvalue weighted by atomic mass is 10.1. The van der Waals surface area contributed by atoms with Crippen LogP contribution in [0.5, 0.6) is 5.75 Å². The minimum atomic E-state index is -0.811. The summed E-state index contributed by atoms with van der Waals surface area (Å²) in [6.45, 7) is 2.01. The Hall–Kier alpha value is -2.33. The molecule has 1 amide bonds. The third-order valence-electron chi connectivity index (χ3n) is 3.34. The molecule has 0 fully saturated rings. The molecule has 0 aromatic heterocycles. The molecule has 0 saturated heterocycles. The van der Waals surface area contributed by atoms with Gasteiger partial charge >= 0.3 is 0 Å². The number of ether oxygens (including phenoxy) is 1. The van der Waals surface area contributed by atoms with E-state index in [0.29, 0.717) is 16.9 Å². The van der Waals surface area contributed by atoms with Crippen LogP contribution in [0.2, 0.25) is 0 Å². The van der Waals surface area contributed by atoms with Crippen LogP contribution in [0, 0.1) is 6.92 Å². The topological polar surface area (TPSA) is 58.6 Å². The number of hydrogen-bond acceptors (Lipinski definition) is 3. The molecule has 0 aliphatic rings. The normalized spacial score (nSPS) is 11.8. The molecular weight excluding hydrogens is 266 g/mol. The van der Waals surface area contributed by atoms with Gasteiger partial charge in [0.25, 0.3) is 5.91 Å². The Balaban J connectivity index is 2.03. The van der Waals surface area contributed by atoms with Gasteiger partial charge in [0.15, 0.2) is 0 Å². The lowest BCUT2D eigenvalue weighted by Crippen LogP contribution is -2.29. The molecule has 2 rings (SSSR count). The van der Waals surface area contributed by atoms with Gasteiger partial charge in [0.05, 0.1) is 13.2 Å².